The molecule has 0 atom stereocenters. The van der Waals surface area contributed by atoms with Gasteiger partial charge in [-0.3, -0.25) is 0 Å². The van der Waals surface area contributed by atoms with Crippen molar-refractivity contribution in [3.63, 3.8) is 0 Å². The number of carbonyl (C=O) groups is 2. The first-order valence-electron chi connectivity index (χ1n) is 3.80. The Labute approximate surface area is 137 Å². The SMILES string of the molecule is O=C([O-])/C=C/c1ccc(C(=O)[O-])cc1.[Na+].[Na+]. The van der Waals surface area contributed by atoms with Gasteiger partial charge < -0.3 is 19.8 Å². The number of aromatic carboxylic acids is 1. The zero-order valence-electron chi connectivity index (χ0n) is 9.10. The summed E-state index contributed by atoms with van der Waals surface area (Å²) in [5.41, 5.74) is 0.634. The molecule has 72 valence electrons. The number of rotatable bonds is 3. The molecule has 0 aliphatic carbocycles. The van der Waals surface area contributed by atoms with Gasteiger partial charge in [-0.15, -0.1) is 0 Å². The Morgan fingerprint density at radius 2 is 1.50 bits per heavy atom. The summed E-state index contributed by atoms with van der Waals surface area (Å²) in [5, 5.41) is 20.4. The van der Waals surface area contributed by atoms with E-state index in [1.807, 2.05) is 0 Å². The van der Waals surface area contributed by atoms with Crippen molar-refractivity contribution in [1.29, 1.82) is 0 Å². The molecule has 1 rings (SSSR count). The topological polar surface area (TPSA) is 80.3 Å². The maximum atomic E-state index is 10.3. The molecule has 1 aromatic rings. The molecule has 6 heteroatoms. The predicted octanol–water partition coefficient (Wildman–Crippen LogP) is -7.18. The van der Waals surface area contributed by atoms with Gasteiger partial charge in [-0.25, -0.2) is 0 Å². The molecule has 1 aromatic carbocycles. The van der Waals surface area contributed by atoms with E-state index < -0.39 is 11.9 Å². The van der Waals surface area contributed by atoms with Crippen LogP contribution < -0.4 is 69.3 Å². The van der Waals surface area contributed by atoms with Gasteiger partial charge in [0.25, 0.3) is 0 Å². The smallest absolute Gasteiger partial charge is 0.545 e. The average Bonchev–Trinajstić information content (AvgIpc) is 2.15. The van der Waals surface area contributed by atoms with Crippen LogP contribution in [0, 0.1) is 0 Å². The van der Waals surface area contributed by atoms with E-state index >= 15 is 0 Å². The zero-order valence-corrected chi connectivity index (χ0v) is 13.1. The van der Waals surface area contributed by atoms with Crippen LogP contribution in [0.2, 0.25) is 0 Å². The normalized spacial score (nSPS) is 9.00. The summed E-state index contributed by atoms with van der Waals surface area (Å²) < 4.78 is 0. The van der Waals surface area contributed by atoms with Gasteiger partial charge in [0.1, 0.15) is 0 Å². The molecule has 0 saturated heterocycles. The molecule has 0 N–H and O–H groups in total. The van der Waals surface area contributed by atoms with E-state index in [1.165, 1.54) is 30.3 Å². The number of carboxylic acids is 2. The molecule has 0 aromatic heterocycles. The van der Waals surface area contributed by atoms with Crippen LogP contribution in [0.25, 0.3) is 6.08 Å². The summed E-state index contributed by atoms with van der Waals surface area (Å²) in [4.78, 5) is 20.4. The summed E-state index contributed by atoms with van der Waals surface area (Å²) in [6.45, 7) is 0. The van der Waals surface area contributed by atoms with Crippen LogP contribution >= 0.6 is 0 Å². The summed E-state index contributed by atoms with van der Waals surface area (Å²) in [6, 6.07) is 5.63. The molecule has 0 unspecified atom stereocenters. The second-order valence-corrected chi connectivity index (χ2v) is 2.56. The van der Waals surface area contributed by atoms with Crippen molar-refractivity contribution < 1.29 is 78.9 Å². The summed E-state index contributed by atoms with van der Waals surface area (Å²) in [7, 11) is 0. The number of hydrogen-bond donors (Lipinski definition) is 0. The molecular formula is C10H6Na2O4. The van der Waals surface area contributed by atoms with E-state index in [9.17, 15) is 19.8 Å². The van der Waals surface area contributed by atoms with Crippen LogP contribution in [0.4, 0.5) is 0 Å². The van der Waals surface area contributed by atoms with Crippen molar-refractivity contribution >= 4 is 18.0 Å². The number of aliphatic carboxylic acids is 1. The predicted molar refractivity (Wildman–Crippen MR) is 44.8 cm³/mol. The van der Waals surface area contributed by atoms with E-state index in [2.05, 4.69) is 0 Å². The van der Waals surface area contributed by atoms with Crippen LogP contribution in [0.5, 0.6) is 0 Å². The Morgan fingerprint density at radius 3 is 1.88 bits per heavy atom. The van der Waals surface area contributed by atoms with Crippen LogP contribution in [0.3, 0.4) is 0 Å². The minimum Gasteiger partial charge on any atom is -0.545 e. The zero-order chi connectivity index (χ0) is 10.6. The Balaban J connectivity index is 0. The van der Waals surface area contributed by atoms with E-state index in [1.54, 1.807) is 0 Å². The number of carboxylic acid groups (broad SMARTS) is 2. The van der Waals surface area contributed by atoms with Gasteiger partial charge in [0.2, 0.25) is 0 Å². The van der Waals surface area contributed by atoms with Gasteiger partial charge in [0.05, 0.1) is 11.9 Å². The van der Waals surface area contributed by atoms with Crippen molar-refractivity contribution in [2.75, 3.05) is 0 Å². The second kappa shape index (κ2) is 8.98. The van der Waals surface area contributed by atoms with Crippen LogP contribution in [-0.4, -0.2) is 11.9 Å². The summed E-state index contributed by atoms with van der Waals surface area (Å²) in [5.74, 6) is -2.56. The van der Waals surface area contributed by atoms with E-state index in [-0.39, 0.29) is 64.7 Å². The molecule has 0 spiro atoms. The third-order valence-electron chi connectivity index (χ3n) is 1.56. The fraction of sp³-hybridized carbons (Fsp3) is 0. The summed E-state index contributed by atoms with van der Waals surface area (Å²) in [6.07, 6.45) is 2.18. The molecule has 0 amide bonds. The number of hydrogen-bond acceptors (Lipinski definition) is 4. The van der Waals surface area contributed by atoms with Crippen molar-refractivity contribution in [3.05, 3.63) is 41.5 Å². The molecule has 0 aliphatic rings. The molecule has 0 radical (unpaired) electrons. The number of benzene rings is 1. The first-order chi connectivity index (χ1) is 6.59. The van der Waals surface area contributed by atoms with Crippen LogP contribution in [0.15, 0.2) is 30.3 Å². The van der Waals surface area contributed by atoms with Gasteiger partial charge in [-0.2, -0.15) is 0 Å². The Hall–Kier alpha value is -0.1000. The molecule has 0 heterocycles. The van der Waals surface area contributed by atoms with E-state index in [0.29, 0.717) is 5.56 Å². The summed E-state index contributed by atoms with van der Waals surface area (Å²) >= 11 is 0. The molecule has 16 heavy (non-hydrogen) atoms. The molecule has 0 bridgehead atoms. The first-order valence-corrected chi connectivity index (χ1v) is 3.80. The monoisotopic (exact) mass is 236 g/mol. The van der Waals surface area contributed by atoms with Gasteiger partial charge >= 0.3 is 59.1 Å². The van der Waals surface area contributed by atoms with E-state index in [4.69, 9.17) is 0 Å². The van der Waals surface area contributed by atoms with Gasteiger partial charge in [-0.05, 0) is 17.2 Å². The Bertz CT molecular complexity index is 384. The van der Waals surface area contributed by atoms with Gasteiger partial charge in [-0.1, -0.05) is 30.3 Å². The molecule has 0 fully saturated rings. The van der Waals surface area contributed by atoms with E-state index in [0.717, 1.165) is 6.08 Å². The third-order valence-corrected chi connectivity index (χ3v) is 1.56. The minimum atomic E-state index is -1.30. The molecule has 4 nitrogen and oxygen atoms in total. The quantitative estimate of drug-likeness (QED) is 0.386. The standard InChI is InChI=1S/C10H8O4.2Na/c11-9(12)6-3-7-1-4-8(5-2-7)10(13)14;;/h1-6H,(H,11,12)(H,13,14);;/q;2*+1/p-2/b6-3+;;. The molecule has 0 aliphatic heterocycles. The largest absolute Gasteiger partial charge is 1.00 e. The average molecular weight is 236 g/mol. The van der Waals surface area contributed by atoms with Crippen molar-refractivity contribution in [1.82, 2.24) is 0 Å². The maximum absolute atomic E-state index is 10.3. The Morgan fingerprint density at radius 1 is 1.00 bits per heavy atom. The minimum absolute atomic E-state index is 0. The van der Waals surface area contributed by atoms with Crippen LogP contribution in [-0.2, 0) is 4.79 Å². The molecular weight excluding hydrogens is 230 g/mol. The van der Waals surface area contributed by atoms with Crippen molar-refractivity contribution in [3.8, 4) is 0 Å². The van der Waals surface area contributed by atoms with Crippen LogP contribution in [0.1, 0.15) is 15.9 Å². The second-order valence-electron chi connectivity index (χ2n) is 2.56. The Kier molecular flexibility index (Phi) is 10.3. The maximum Gasteiger partial charge on any atom is 1.00 e. The van der Waals surface area contributed by atoms with Crippen molar-refractivity contribution in [2.24, 2.45) is 0 Å². The van der Waals surface area contributed by atoms with Crippen molar-refractivity contribution in [2.45, 2.75) is 0 Å². The third kappa shape index (κ3) is 6.48. The van der Waals surface area contributed by atoms with Gasteiger partial charge in [0.15, 0.2) is 0 Å². The number of carbonyl (C=O) groups excluding carboxylic acids is 2. The first kappa shape index (κ1) is 18.3. The fourth-order valence-corrected chi connectivity index (χ4v) is 0.895. The fourth-order valence-electron chi connectivity index (χ4n) is 0.895. The molecule has 0 saturated carbocycles. The van der Waals surface area contributed by atoms with Gasteiger partial charge in [0, 0.05) is 0 Å².